The standard InChI is InChI=1S/C12H21NO/c1-11(14)10-13-8-6-12(7-9-13)4-2-3-5-12/h2-10H2,1H3. The van der Waals surface area contributed by atoms with Crippen molar-refractivity contribution in [2.24, 2.45) is 5.41 Å². The van der Waals surface area contributed by atoms with Gasteiger partial charge < -0.3 is 0 Å². The van der Waals surface area contributed by atoms with Gasteiger partial charge in [-0.3, -0.25) is 9.69 Å². The lowest BCUT2D eigenvalue weighted by atomic mass is 9.77. The largest absolute Gasteiger partial charge is 0.299 e. The maximum absolute atomic E-state index is 11.0. The lowest BCUT2D eigenvalue weighted by Crippen LogP contribution is -2.40. The number of carbonyl (C=O) groups excluding carboxylic acids is 1. The average Bonchev–Trinajstić information content (AvgIpc) is 2.58. The third-order valence-corrected chi connectivity index (χ3v) is 4.03. The molecule has 1 heterocycles. The summed E-state index contributed by atoms with van der Waals surface area (Å²) in [6, 6.07) is 0. The molecular formula is C12H21NO. The molecule has 0 aromatic heterocycles. The summed E-state index contributed by atoms with van der Waals surface area (Å²) in [5.41, 5.74) is 0.688. The van der Waals surface area contributed by atoms with Crippen LogP contribution in [0.25, 0.3) is 0 Å². The summed E-state index contributed by atoms with van der Waals surface area (Å²) >= 11 is 0. The molecular weight excluding hydrogens is 174 g/mol. The fraction of sp³-hybridized carbons (Fsp3) is 0.917. The van der Waals surface area contributed by atoms with E-state index in [1.165, 1.54) is 38.5 Å². The first-order valence-corrected chi connectivity index (χ1v) is 5.92. The predicted octanol–water partition coefficient (Wildman–Crippen LogP) is 2.23. The minimum Gasteiger partial charge on any atom is -0.299 e. The van der Waals surface area contributed by atoms with Crippen molar-refractivity contribution in [3.63, 3.8) is 0 Å². The Bertz CT molecular complexity index is 208. The molecule has 2 nitrogen and oxygen atoms in total. The van der Waals surface area contributed by atoms with Crippen LogP contribution in [0, 0.1) is 5.41 Å². The van der Waals surface area contributed by atoms with E-state index in [1.54, 1.807) is 6.92 Å². The molecule has 1 saturated carbocycles. The Morgan fingerprint density at radius 1 is 1.14 bits per heavy atom. The quantitative estimate of drug-likeness (QED) is 0.673. The van der Waals surface area contributed by atoms with Crippen LogP contribution in [0.4, 0.5) is 0 Å². The molecule has 2 heteroatoms. The predicted molar refractivity (Wildman–Crippen MR) is 57.3 cm³/mol. The van der Waals surface area contributed by atoms with Gasteiger partial charge in [-0.25, -0.2) is 0 Å². The number of hydrogen-bond donors (Lipinski definition) is 0. The molecule has 2 aliphatic rings. The number of nitrogens with zero attached hydrogens (tertiary/aromatic N) is 1. The van der Waals surface area contributed by atoms with E-state index in [0.717, 1.165) is 13.1 Å². The van der Waals surface area contributed by atoms with Gasteiger partial charge in [0.2, 0.25) is 0 Å². The molecule has 80 valence electrons. The molecule has 0 N–H and O–H groups in total. The van der Waals surface area contributed by atoms with Gasteiger partial charge in [0.25, 0.3) is 0 Å². The van der Waals surface area contributed by atoms with Crippen molar-refractivity contribution >= 4 is 5.78 Å². The highest BCUT2D eigenvalue weighted by Crippen LogP contribution is 2.45. The second-order valence-electron chi connectivity index (χ2n) is 5.19. The van der Waals surface area contributed by atoms with Gasteiger partial charge in [-0.2, -0.15) is 0 Å². The number of likely N-dealkylation sites (tertiary alicyclic amines) is 1. The van der Waals surface area contributed by atoms with Gasteiger partial charge in [0.05, 0.1) is 6.54 Å². The van der Waals surface area contributed by atoms with E-state index in [2.05, 4.69) is 4.90 Å². The fourth-order valence-corrected chi connectivity index (χ4v) is 3.13. The molecule has 0 bridgehead atoms. The molecule has 0 unspecified atom stereocenters. The highest BCUT2D eigenvalue weighted by Gasteiger charge is 2.36. The molecule has 2 fully saturated rings. The SMILES string of the molecule is CC(=O)CN1CCC2(CCCC2)CC1. The number of rotatable bonds is 2. The van der Waals surface area contributed by atoms with Crippen molar-refractivity contribution in [3.8, 4) is 0 Å². The van der Waals surface area contributed by atoms with E-state index >= 15 is 0 Å². The zero-order chi connectivity index (χ0) is 10.0. The van der Waals surface area contributed by atoms with Gasteiger partial charge in [-0.15, -0.1) is 0 Å². The van der Waals surface area contributed by atoms with Crippen LogP contribution in [0.5, 0.6) is 0 Å². The van der Waals surface area contributed by atoms with Crippen LogP contribution in [0.15, 0.2) is 0 Å². The minimum absolute atomic E-state index is 0.312. The van der Waals surface area contributed by atoms with E-state index in [-0.39, 0.29) is 0 Å². The third-order valence-electron chi connectivity index (χ3n) is 4.03. The summed E-state index contributed by atoms with van der Waals surface area (Å²) in [6.45, 7) is 4.68. The molecule has 0 aromatic rings. The number of hydrogen-bond acceptors (Lipinski definition) is 2. The number of piperidine rings is 1. The first-order chi connectivity index (χ1) is 6.70. The molecule has 0 aromatic carbocycles. The summed E-state index contributed by atoms with van der Waals surface area (Å²) < 4.78 is 0. The van der Waals surface area contributed by atoms with Gasteiger partial charge in [0.15, 0.2) is 0 Å². The molecule has 14 heavy (non-hydrogen) atoms. The summed E-state index contributed by atoms with van der Waals surface area (Å²) in [5, 5.41) is 0. The Labute approximate surface area is 86.7 Å². The second-order valence-corrected chi connectivity index (χ2v) is 5.19. The van der Waals surface area contributed by atoms with Crippen LogP contribution in [0.3, 0.4) is 0 Å². The molecule has 1 aliphatic heterocycles. The second kappa shape index (κ2) is 4.01. The molecule has 2 rings (SSSR count). The summed E-state index contributed by atoms with van der Waals surface area (Å²) in [7, 11) is 0. The van der Waals surface area contributed by atoms with E-state index < -0.39 is 0 Å². The normalized spacial score (nSPS) is 26.9. The van der Waals surface area contributed by atoms with Crippen molar-refractivity contribution in [2.75, 3.05) is 19.6 Å². The Morgan fingerprint density at radius 3 is 2.21 bits per heavy atom. The number of carbonyl (C=O) groups is 1. The molecule has 1 spiro atoms. The van der Waals surface area contributed by atoms with E-state index in [4.69, 9.17) is 0 Å². The van der Waals surface area contributed by atoms with Crippen LogP contribution >= 0.6 is 0 Å². The summed E-state index contributed by atoms with van der Waals surface area (Å²) in [6.07, 6.45) is 8.43. The molecule has 0 radical (unpaired) electrons. The number of ketones is 1. The third kappa shape index (κ3) is 2.17. The molecule has 1 aliphatic carbocycles. The van der Waals surface area contributed by atoms with Crippen molar-refractivity contribution in [1.82, 2.24) is 4.90 Å². The topological polar surface area (TPSA) is 20.3 Å². The minimum atomic E-state index is 0.312. The van der Waals surface area contributed by atoms with Gasteiger partial charge in [-0.05, 0) is 51.1 Å². The molecule has 0 amide bonds. The van der Waals surface area contributed by atoms with Gasteiger partial charge in [-0.1, -0.05) is 12.8 Å². The lowest BCUT2D eigenvalue weighted by molar-refractivity contribution is -0.118. The van der Waals surface area contributed by atoms with Crippen molar-refractivity contribution in [2.45, 2.75) is 45.4 Å². The van der Waals surface area contributed by atoms with E-state index in [9.17, 15) is 4.79 Å². The van der Waals surface area contributed by atoms with Gasteiger partial charge >= 0.3 is 0 Å². The van der Waals surface area contributed by atoms with Crippen molar-refractivity contribution < 1.29 is 4.79 Å². The zero-order valence-electron chi connectivity index (χ0n) is 9.22. The van der Waals surface area contributed by atoms with Gasteiger partial charge in [0, 0.05) is 0 Å². The summed E-state index contributed by atoms with van der Waals surface area (Å²) in [5.74, 6) is 0.312. The fourth-order valence-electron chi connectivity index (χ4n) is 3.13. The average molecular weight is 195 g/mol. The van der Waals surface area contributed by atoms with Crippen molar-refractivity contribution in [1.29, 1.82) is 0 Å². The first kappa shape index (κ1) is 10.2. The Balaban J connectivity index is 1.82. The maximum atomic E-state index is 11.0. The highest BCUT2D eigenvalue weighted by molar-refractivity contribution is 5.77. The van der Waals surface area contributed by atoms with Crippen LogP contribution in [-0.2, 0) is 4.79 Å². The monoisotopic (exact) mass is 195 g/mol. The highest BCUT2D eigenvalue weighted by atomic mass is 16.1. The molecule has 0 atom stereocenters. The van der Waals surface area contributed by atoms with Crippen LogP contribution in [0.1, 0.15) is 45.4 Å². The van der Waals surface area contributed by atoms with E-state index in [1.807, 2.05) is 0 Å². The Kier molecular flexibility index (Phi) is 2.91. The van der Waals surface area contributed by atoms with Crippen LogP contribution in [-0.4, -0.2) is 30.3 Å². The Morgan fingerprint density at radius 2 is 1.71 bits per heavy atom. The number of Topliss-reactive ketones (excluding diaryl/α,β-unsaturated/α-hetero) is 1. The molecule has 1 saturated heterocycles. The van der Waals surface area contributed by atoms with Crippen LogP contribution in [0.2, 0.25) is 0 Å². The zero-order valence-corrected chi connectivity index (χ0v) is 9.22. The first-order valence-electron chi connectivity index (χ1n) is 5.92. The maximum Gasteiger partial charge on any atom is 0.143 e. The van der Waals surface area contributed by atoms with E-state index in [0.29, 0.717) is 17.7 Å². The summed E-state index contributed by atoms with van der Waals surface area (Å²) in [4.78, 5) is 13.3. The smallest absolute Gasteiger partial charge is 0.143 e. The Hall–Kier alpha value is -0.370. The lowest BCUT2D eigenvalue weighted by Gasteiger charge is -2.39. The van der Waals surface area contributed by atoms with Gasteiger partial charge in [0.1, 0.15) is 5.78 Å². The van der Waals surface area contributed by atoms with Crippen LogP contribution < -0.4 is 0 Å². The van der Waals surface area contributed by atoms with Crippen molar-refractivity contribution in [3.05, 3.63) is 0 Å².